The molecule has 0 N–H and O–H groups in total. The minimum absolute atomic E-state index is 0.187. The van der Waals surface area contributed by atoms with Crippen LogP contribution >= 0.6 is 34.2 Å². The number of nitrogens with zero attached hydrogens (tertiary/aromatic N) is 1. The lowest BCUT2D eigenvalue weighted by Crippen LogP contribution is -2.26. The van der Waals surface area contributed by atoms with Crippen molar-refractivity contribution in [1.82, 2.24) is 0 Å². The lowest BCUT2D eigenvalue weighted by atomic mass is 10.1. The minimum atomic E-state index is -1.75. The Morgan fingerprint density at radius 3 is 2.67 bits per heavy atom. The van der Waals surface area contributed by atoms with E-state index in [0.29, 0.717) is 5.88 Å². The molecule has 0 bridgehead atoms. The monoisotopic (exact) mass is 479 g/mol. The standard InChI is InChI=1S/C17H23ClINO3Si/c1-24(2,3)23-17(11-18)20-12-13-10-14(19)4-5-16(13)22-15-6-8-21-9-7-15/h4-5,10-12,15H,6-9H2,1-3H3/b17-11-,20-12+. The van der Waals surface area contributed by atoms with Crippen LogP contribution in [-0.2, 0) is 9.16 Å². The van der Waals surface area contributed by atoms with Crippen LogP contribution in [0.25, 0.3) is 0 Å². The van der Waals surface area contributed by atoms with Crippen LogP contribution in [0.1, 0.15) is 18.4 Å². The average Bonchev–Trinajstić information content (AvgIpc) is 2.53. The molecule has 4 nitrogen and oxygen atoms in total. The van der Waals surface area contributed by atoms with Gasteiger partial charge in [-0.3, -0.25) is 0 Å². The van der Waals surface area contributed by atoms with Gasteiger partial charge in [0.05, 0.1) is 18.7 Å². The molecule has 0 aliphatic carbocycles. The van der Waals surface area contributed by atoms with Gasteiger partial charge in [-0.15, -0.1) is 0 Å². The number of ether oxygens (including phenoxy) is 2. The van der Waals surface area contributed by atoms with Crippen molar-refractivity contribution < 1.29 is 13.9 Å². The Morgan fingerprint density at radius 2 is 2.04 bits per heavy atom. The molecule has 1 heterocycles. The summed E-state index contributed by atoms with van der Waals surface area (Å²) in [5.74, 6) is 1.26. The predicted molar refractivity (Wildman–Crippen MR) is 110 cm³/mol. The Hall–Kier alpha value is -0.573. The second-order valence-electron chi connectivity index (χ2n) is 6.53. The average molecular weight is 480 g/mol. The first-order valence-corrected chi connectivity index (χ1v) is 12.9. The molecule has 1 saturated heterocycles. The van der Waals surface area contributed by atoms with Crippen LogP contribution in [0.4, 0.5) is 0 Å². The Labute approximate surface area is 163 Å². The van der Waals surface area contributed by atoms with Crippen molar-refractivity contribution >= 4 is 48.7 Å². The first kappa shape index (κ1) is 19.7. The highest BCUT2D eigenvalue weighted by Crippen LogP contribution is 2.24. The van der Waals surface area contributed by atoms with Gasteiger partial charge in [-0.25, -0.2) is 4.99 Å². The van der Waals surface area contributed by atoms with Crippen LogP contribution in [-0.4, -0.2) is 33.8 Å². The van der Waals surface area contributed by atoms with Crippen molar-refractivity contribution in [1.29, 1.82) is 0 Å². The third-order valence-corrected chi connectivity index (χ3v) is 4.95. The Balaban J connectivity index is 2.15. The third-order valence-electron chi connectivity index (χ3n) is 3.27. The zero-order valence-electron chi connectivity index (χ0n) is 14.2. The molecule has 1 aromatic rings. The maximum absolute atomic E-state index is 6.15. The van der Waals surface area contributed by atoms with Gasteiger partial charge >= 0.3 is 0 Å². The summed E-state index contributed by atoms with van der Waals surface area (Å²) >= 11 is 8.12. The molecule has 0 saturated carbocycles. The quantitative estimate of drug-likeness (QED) is 0.245. The smallest absolute Gasteiger partial charge is 0.244 e. The summed E-state index contributed by atoms with van der Waals surface area (Å²) in [6.07, 6.45) is 3.76. The molecule has 0 amide bonds. The molecule has 132 valence electrons. The molecule has 0 unspecified atom stereocenters. The van der Waals surface area contributed by atoms with Gasteiger partial charge in [0.25, 0.3) is 0 Å². The highest BCUT2D eigenvalue weighted by molar-refractivity contribution is 14.1. The number of benzene rings is 1. The molecular weight excluding hydrogens is 457 g/mol. The van der Waals surface area contributed by atoms with Gasteiger partial charge < -0.3 is 13.9 Å². The zero-order valence-corrected chi connectivity index (χ0v) is 18.1. The number of hydrogen-bond donors (Lipinski definition) is 0. The molecule has 0 spiro atoms. The van der Waals surface area contributed by atoms with Crippen LogP contribution < -0.4 is 4.74 Å². The number of hydrogen-bond acceptors (Lipinski definition) is 4. The topological polar surface area (TPSA) is 40.0 Å². The first-order chi connectivity index (χ1) is 11.4. The van der Waals surface area contributed by atoms with Crippen molar-refractivity contribution in [3.05, 3.63) is 38.8 Å². The molecule has 0 atom stereocenters. The predicted octanol–water partition coefficient (Wildman–Crippen LogP) is 5.16. The van der Waals surface area contributed by atoms with E-state index in [-0.39, 0.29) is 6.10 Å². The van der Waals surface area contributed by atoms with Gasteiger partial charge in [-0.05, 0) is 60.4 Å². The van der Waals surface area contributed by atoms with E-state index in [1.54, 1.807) is 6.21 Å². The number of aliphatic imine (C=N–C) groups is 1. The van der Waals surface area contributed by atoms with Crippen LogP contribution in [0, 0.1) is 3.57 Å². The molecular formula is C17H23ClINO3Si. The summed E-state index contributed by atoms with van der Waals surface area (Å²) in [4.78, 5) is 4.40. The van der Waals surface area contributed by atoms with Crippen LogP contribution in [0.15, 0.2) is 34.6 Å². The van der Waals surface area contributed by atoms with Gasteiger partial charge in [0.15, 0.2) is 0 Å². The minimum Gasteiger partial charge on any atom is -0.531 e. The second-order valence-corrected chi connectivity index (χ2v) is 12.4. The number of halogens is 2. The largest absolute Gasteiger partial charge is 0.531 e. The van der Waals surface area contributed by atoms with Crippen molar-refractivity contribution in [2.24, 2.45) is 4.99 Å². The summed E-state index contributed by atoms with van der Waals surface area (Å²) in [7, 11) is -1.75. The highest BCUT2D eigenvalue weighted by atomic mass is 127. The molecule has 1 fully saturated rings. The van der Waals surface area contributed by atoms with E-state index >= 15 is 0 Å². The molecule has 0 radical (unpaired) electrons. The van der Waals surface area contributed by atoms with Crippen LogP contribution in [0.5, 0.6) is 5.75 Å². The third kappa shape index (κ3) is 6.74. The lowest BCUT2D eigenvalue weighted by Gasteiger charge is -2.24. The highest BCUT2D eigenvalue weighted by Gasteiger charge is 2.18. The van der Waals surface area contributed by atoms with E-state index in [1.807, 2.05) is 18.2 Å². The maximum atomic E-state index is 6.15. The molecule has 0 aromatic heterocycles. The summed E-state index contributed by atoms with van der Waals surface area (Å²) in [5, 5.41) is 0. The summed E-state index contributed by atoms with van der Waals surface area (Å²) in [6, 6.07) is 6.06. The molecule has 7 heteroatoms. The van der Waals surface area contributed by atoms with Gasteiger partial charge in [0.1, 0.15) is 11.9 Å². The summed E-state index contributed by atoms with van der Waals surface area (Å²) in [6.45, 7) is 7.78. The normalized spacial score (nSPS) is 17.3. The van der Waals surface area contributed by atoms with Gasteiger partial charge in [-0.1, -0.05) is 11.6 Å². The summed E-state index contributed by atoms with van der Waals surface area (Å²) < 4.78 is 18.5. The van der Waals surface area contributed by atoms with Crippen molar-refractivity contribution in [2.45, 2.75) is 38.6 Å². The van der Waals surface area contributed by atoms with Gasteiger partial charge in [0.2, 0.25) is 14.2 Å². The van der Waals surface area contributed by atoms with Crippen LogP contribution in [0.2, 0.25) is 19.6 Å². The fourth-order valence-electron chi connectivity index (χ4n) is 2.22. The van der Waals surface area contributed by atoms with E-state index in [4.69, 9.17) is 25.5 Å². The van der Waals surface area contributed by atoms with Crippen molar-refractivity contribution in [3.8, 4) is 5.75 Å². The van der Waals surface area contributed by atoms with Crippen molar-refractivity contribution in [3.63, 3.8) is 0 Å². The fraction of sp³-hybridized carbons (Fsp3) is 0.471. The molecule has 1 aliphatic rings. The van der Waals surface area contributed by atoms with E-state index in [0.717, 1.165) is 40.9 Å². The van der Waals surface area contributed by atoms with Gasteiger partial charge in [0, 0.05) is 28.2 Å². The SMILES string of the molecule is C[Si](C)(C)OC(=C\Cl)/N=C/c1cc(I)ccc1OC1CCOCC1. The zero-order chi connectivity index (χ0) is 17.6. The summed E-state index contributed by atoms with van der Waals surface area (Å²) in [5.41, 5.74) is 2.30. The molecule has 2 rings (SSSR count). The molecule has 1 aromatic carbocycles. The van der Waals surface area contributed by atoms with E-state index < -0.39 is 8.32 Å². The number of rotatable bonds is 6. The van der Waals surface area contributed by atoms with Crippen molar-refractivity contribution in [2.75, 3.05) is 13.2 Å². The Kier molecular flexibility index (Phi) is 7.58. The molecule has 24 heavy (non-hydrogen) atoms. The van der Waals surface area contributed by atoms with E-state index in [2.05, 4.69) is 47.2 Å². The Morgan fingerprint density at radius 1 is 1.33 bits per heavy atom. The second kappa shape index (κ2) is 9.21. The Bertz CT molecular complexity index is 610. The van der Waals surface area contributed by atoms with Gasteiger partial charge in [-0.2, -0.15) is 0 Å². The molecule has 1 aliphatic heterocycles. The lowest BCUT2D eigenvalue weighted by molar-refractivity contribution is 0.0255. The van der Waals surface area contributed by atoms with E-state index in [1.165, 1.54) is 5.54 Å². The fourth-order valence-corrected chi connectivity index (χ4v) is 3.65. The first-order valence-electron chi connectivity index (χ1n) is 7.95. The maximum Gasteiger partial charge on any atom is 0.244 e. The van der Waals surface area contributed by atoms with Crippen LogP contribution in [0.3, 0.4) is 0 Å². The van der Waals surface area contributed by atoms with E-state index in [9.17, 15) is 0 Å².